The fourth-order valence-electron chi connectivity index (χ4n) is 3.33. The summed E-state index contributed by atoms with van der Waals surface area (Å²) >= 11 is 1.37. The molecule has 3 rings (SSSR count). The first-order chi connectivity index (χ1) is 12.4. The third-order valence-electron chi connectivity index (χ3n) is 4.65. The van der Waals surface area contributed by atoms with Crippen LogP contribution in [0.15, 0.2) is 23.6 Å². The van der Waals surface area contributed by atoms with Gasteiger partial charge in [0.1, 0.15) is 0 Å². The molecule has 0 aliphatic carbocycles. The third kappa shape index (κ3) is 4.25. The van der Waals surface area contributed by atoms with Gasteiger partial charge in [0.2, 0.25) is 0 Å². The molecule has 1 atom stereocenters. The lowest BCUT2D eigenvalue weighted by molar-refractivity contribution is -0.385. The second kappa shape index (κ2) is 7.92. The first kappa shape index (κ1) is 18.5. The quantitative estimate of drug-likeness (QED) is 0.634. The molecule has 8 heteroatoms. The number of benzene rings is 1. The molecule has 2 heterocycles. The van der Waals surface area contributed by atoms with Gasteiger partial charge in [-0.25, -0.2) is 4.98 Å². The number of amides is 1. The van der Waals surface area contributed by atoms with Gasteiger partial charge in [-0.2, -0.15) is 0 Å². The van der Waals surface area contributed by atoms with Gasteiger partial charge in [0.25, 0.3) is 11.6 Å². The van der Waals surface area contributed by atoms with Crippen LogP contribution in [-0.2, 0) is 6.54 Å². The normalized spacial score (nSPS) is 17.8. The van der Waals surface area contributed by atoms with E-state index in [9.17, 15) is 14.9 Å². The molecule has 1 unspecified atom stereocenters. The van der Waals surface area contributed by atoms with Crippen molar-refractivity contribution in [1.29, 1.82) is 0 Å². The number of nitrogens with one attached hydrogen (secondary N) is 1. The Labute approximate surface area is 156 Å². The summed E-state index contributed by atoms with van der Waals surface area (Å²) in [5.41, 5.74) is 1.53. The summed E-state index contributed by atoms with van der Waals surface area (Å²) in [6, 6.07) is 4.50. The van der Waals surface area contributed by atoms with Gasteiger partial charge in [0.05, 0.1) is 10.6 Å². The number of hydrogen-bond acceptors (Lipinski definition) is 6. The van der Waals surface area contributed by atoms with Gasteiger partial charge in [-0.3, -0.25) is 25.1 Å². The molecule has 2 aromatic rings. The molecule has 0 radical (unpaired) electrons. The molecule has 1 aliphatic heterocycles. The molecule has 0 spiro atoms. The Morgan fingerprint density at radius 3 is 3.04 bits per heavy atom. The van der Waals surface area contributed by atoms with Crippen LogP contribution < -0.4 is 5.32 Å². The molecule has 1 saturated heterocycles. The van der Waals surface area contributed by atoms with Crippen LogP contribution in [0.25, 0.3) is 0 Å². The van der Waals surface area contributed by atoms with Gasteiger partial charge in [-0.15, -0.1) is 11.3 Å². The highest BCUT2D eigenvalue weighted by atomic mass is 32.1. The Morgan fingerprint density at radius 2 is 2.31 bits per heavy atom. The number of piperidine rings is 1. The van der Waals surface area contributed by atoms with Gasteiger partial charge in [-0.1, -0.05) is 13.0 Å². The average molecular weight is 374 g/mol. The summed E-state index contributed by atoms with van der Waals surface area (Å²) in [5.74, 6) is 0.331. The number of nitro groups is 1. The maximum Gasteiger partial charge on any atom is 0.273 e. The van der Waals surface area contributed by atoms with Gasteiger partial charge in [0, 0.05) is 35.7 Å². The topological polar surface area (TPSA) is 88.4 Å². The number of aromatic nitrogens is 1. The van der Waals surface area contributed by atoms with Crippen molar-refractivity contribution in [1.82, 2.24) is 9.88 Å². The number of carbonyl (C=O) groups is 1. The van der Waals surface area contributed by atoms with Gasteiger partial charge in [-0.05, 0) is 38.3 Å². The van der Waals surface area contributed by atoms with Gasteiger partial charge < -0.3 is 0 Å². The first-order valence-corrected chi connectivity index (χ1v) is 9.54. The van der Waals surface area contributed by atoms with Crippen molar-refractivity contribution in [3.05, 3.63) is 50.5 Å². The van der Waals surface area contributed by atoms with Gasteiger partial charge >= 0.3 is 0 Å². The SMILES string of the molecule is Cc1c(C(=O)Nc2nc(CN3CCCC(C)C3)cs2)cccc1[N+](=O)[O-]. The van der Waals surface area contributed by atoms with E-state index in [4.69, 9.17) is 0 Å². The van der Waals surface area contributed by atoms with E-state index in [1.807, 2.05) is 5.38 Å². The number of nitro benzene ring substituents is 1. The van der Waals surface area contributed by atoms with E-state index in [1.165, 1.54) is 36.3 Å². The zero-order chi connectivity index (χ0) is 18.7. The summed E-state index contributed by atoms with van der Waals surface area (Å²) < 4.78 is 0. The van der Waals surface area contributed by atoms with Crippen LogP contribution in [0.2, 0.25) is 0 Å². The Morgan fingerprint density at radius 1 is 1.50 bits per heavy atom. The Balaban J connectivity index is 1.66. The van der Waals surface area contributed by atoms with E-state index in [0.717, 1.165) is 25.3 Å². The molecule has 1 N–H and O–H groups in total. The van der Waals surface area contributed by atoms with Crippen LogP contribution in [0, 0.1) is 23.0 Å². The molecule has 0 bridgehead atoms. The molecular weight excluding hydrogens is 352 g/mol. The number of hydrogen-bond donors (Lipinski definition) is 1. The molecule has 1 aromatic carbocycles. The lowest BCUT2D eigenvalue weighted by atomic mass is 10.0. The molecule has 26 heavy (non-hydrogen) atoms. The lowest BCUT2D eigenvalue weighted by Crippen LogP contribution is -2.33. The summed E-state index contributed by atoms with van der Waals surface area (Å²) in [7, 11) is 0. The fraction of sp³-hybridized carbons (Fsp3) is 0.444. The maximum atomic E-state index is 12.5. The fourth-order valence-corrected chi connectivity index (χ4v) is 4.02. The lowest BCUT2D eigenvalue weighted by Gasteiger charge is -2.30. The number of anilines is 1. The van der Waals surface area contributed by atoms with E-state index in [-0.39, 0.29) is 11.6 Å². The zero-order valence-corrected chi connectivity index (χ0v) is 15.7. The van der Waals surface area contributed by atoms with E-state index >= 15 is 0 Å². The van der Waals surface area contributed by atoms with Crippen molar-refractivity contribution in [2.24, 2.45) is 5.92 Å². The van der Waals surface area contributed by atoms with Gasteiger partial charge in [0.15, 0.2) is 5.13 Å². The smallest absolute Gasteiger partial charge is 0.273 e. The minimum absolute atomic E-state index is 0.0586. The Bertz CT molecular complexity index is 821. The molecule has 1 amide bonds. The van der Waals surface area contributed by atoms with Crippen molar-refractivity contribution >= 4 is 28.1 Å². The largest absolute Gasteiger partial charge is 0.298 e. The predicted molar refractivity (Wildman–Crippen MR) is 102 cm³/mol. The van der Waals surface area contributed by atoms with Crippen LogP contribution in [0.4, 0.5) is 10.8 Å². The van der Waals surface area contributed by atoms with Crippen LogP contribution in [-0.4, -0.2) is 33.8 Å². The summed E-state index contributed by atoms with van der Waals surface area (Å²) in [6.07, 6.45) is 2.48. The van der Waals surface area contributed by atoms with Crippen molar-refractivity contribution in [3.8, 4) is 0 Å². The molecule has 1 aliphatic rings. The average Bonchev–Trinajstić information content (AvgIpc) is 3.01. The molecule has 138 valence electrons. The van der Waals surface area contributed by atoms with E-state index in [2.05, 4.69) is 22.1 Å². The molecule has 7 nitrogen and oxygen atoms in total. The Kier molecular flexibility index (Phi) is 5.63. The van der Waals surface area contributed by atoms with E-state index in [0.29, 0.717) is 22.2 Å². The van der Waals surface area contributed by atoms with Crippen LogP contribution >= 0.6 is 11.3 Å². The van der Waals surface area contributed by atoms with Crippen molar-refractivity contribution < 1.29 is 9.72 Å². The standard InChI is InChI=1S/C18H22N4O3S/c1-12-5-4-8-21(9-12)10-14-11-26-18(19-14)20-17(23)15-6-3-7-16(13(15)2)22(24)25/h3,6-7,11-12H,4-5,8-10H2,1-2H3,(H,19,20,23). The van der Waals surface area contributed by atoms with Crippen molar-refractivity contribution in [2.45, 2.75) is 33.2 Å². The van der Waals surface area contributed by atoms with E-state index < -0.39 is 4.92 Å². The molecule has 1 aromatic heterocycles. The summed E-state index contributed by atoms with van der Waals surface area (Å²) in [4.78, 5) is 29.9. The second-order valence-electron chi connectivity index (χ2n) is 6.79. The minimum Gasteiger partial charge on any atom is -0.298 e. The Hall–Kier alpha value is -2.32. The zero-order valence-electron chi connectivity index (χ0n) is 14.9. The van der Waals surface area contributed by atoms with E-state index in [1.54, 1.807) is 13.0 Å². The molecule has 0 saturated carbocycles. The summed E-state index contributed by atoms with van der Waals surface area (Å²) in [6.45, 7) is 6.78. The summed E-state index contributed by atoms with van der Waals surface area (Å²) in [5, 5.41) is 16.3. The number of thiazole rings is 1. The second-order valence-corrected chi connectivity index (χ2v) is 7.65. The number of nitrogens with zero attached hydrogens (tertiary/aromatic N) is 3. The highest BCUT2D eigenvalue weighted by molar-refractivity contribution is 7.14. The predicted octanol–water partition coefficient (Wildman–Crippen LogP) is 3.84. The molecule has 1 fully saturated rings. The monoisotopic (exact) mass is 374 g/mol. The van der Waals surface area contributed by atoms with Crippen LogP contribution in [0.3, 0.4) is 0 Å². The highest BCUT2D eigenvalue weighted by Crippen LogP contribution is 2.24. The van der Waals surface area contributed by atoms with Crippen LogP contribution in [0.5, 0.6) is 0 Å². The maximum absolute atomic E-state index is 12.5. The number of rotatable bonds is 5. The number of likely N-dealkylation sites (tertiary alicyclic amines) is 1. The highest BCUT2D eigenvalue weighted by Gasteiger charge is 2.20. The number of carbonyl (C=O) groups excluding carboxylic acids is 1. The van der Waals surface area contributed by atoms with Crippen molar-refractivity contribution in [3.63, 3.8) is 0 Å². The van der Waals surface area contributed by atoms with Crippen molar-refractivity contribution in [2.75, 3.05) is 18.4 Å². The van der Waals surface area contributed by atoms with Crippen LogP contribution in [0.1, 0.15) is 41.4 Å². The minimum atomic E-state index is -0.479. The third-order valence-corrected chi connectivity index (χ3v) is 5.45. The molecular formula is C18H22N4O3S. The first-order valence-electron chi connectivity index (χ1n) is 8.66.